The van der Waals surface area contributed by atoms with Crippen molar-refractivity contribution in [2.45, 2.75) is 58.9 Å². The van der Waals surface area contributed by atoms with Crippen LogP contribution in [0.15, 0.2) is 0 Å². The first kappa shape index (κ1) is 10.6. The lowest BCUT2D eigenvalue weighted by Crippen LogP contribution is -2.39. The van der Waals surface area contributed by atoms with Crippen LogP contribution in [0.2, 0.25) is 0 Å². The highest BCUT2D eigenvalue weighted by molar-refractivity contribution is 5.76. The van der Waals surface area contributed by atoms with Gasteiger partial charge in [0.25, 0.3) is 0 Å². The minimum atomic E-state index is 0.241. The first-order valence-corrected chi connectivity index (χ1v) is 5.27. The van der Waals surface area contributed by atoms with Gasteiger partial charge in [0.15, 0.2) is 0 Å². The first-order valence-electron chi connectivity index (χ1n) is 5.27. The predicted octanol–water partition coefficient (Wildman–Crippen LogP) is 2.48. The lowest BCUT2D eigenvalue weighted by atomic mass is 9.87. The zero-order chi connectivity index (χ0) is 9.90. The molecule has 2 heteroatoms. The summed E-state index contributed by atoms with van der Waals surface area (Å²) in [4.78, 5) is 11.1. The smallest absolute Gasteiger partial charge is 0.220 e. The summed E-state index contributed by atoms with van der Waals surface area (Å²) in [5, 5.41) is 3.05. The molecule has 1 rings (SSSR count). The second-order valence-electron chi connectivity index (χ2n) is 5.26. The van der Waals surface area contributed by atoms with Crippen LogP contribution in [-0.2, 0) is 4.79 Å². The standard InChI is InChI=1S/C11H21NO/c1-11(2,3)8-7-9-5-4-6-10(13)12-9/h9H,4-8H2,1-3H3,(H,12,13)/t9-/m1/s1. The Hall–Kier alpha value is -0.530. The fourth-order valence-electron chi connectivity index (χ4n) is 1.70. The minimum Gasteiger partial charge on any atom is -0.353 e. The highest BCUT2D eigenvalue weighted by atomic mass is 16.1. The second kappa shape index (κ2) is 4.12. The molecule has 1 heterocycles. The molecule has 1 atom stereocenters. The van der Waals surface area contributed by atoms with Crippen molar-refractivity contribution in [1.82, 2.24) is 5.32 Å². The van der Waals surface area contributed by atoms with E-state index in [1.54, 1.807) is 0 Å². The lowest BCUT2D eigenvalue weighted by Gasteiger charge is -2.26. The number of rotatable bonds is 2. The zero-order valence-electron chi connectivity index (χ0n) is 9.02. The van der Waals surface area contributed by atoms with E-state index in [9.17, 15) is 4.79 Å². The number of carbonyl (C=O) groups excluding carboxylic acids is 1. The topological polar surface area (TPSA) is 29.1 Å². The molecule has 2 nitrogen and oxygen atoms in total. The molecular weight excluding hydrogens is 162 g/mol. The molecule has 0 radical (unpaired) electrons. The molecule has 13 heavy (non-hydrogen) atoms. The van der Waals surface area contributed by atoms with Crippen molar-refractivity contribution in [2.24, 2.45) is 5.41 Å². The monoisotopic (exact) mass is 183 g/mol. The molecule has 1 N–H and O–H groups in total. The normalized spacial score (nSPS) is 24.2. The largest absolute Gasteiger partial charge is 0.353 e. The third-order valence-corrected chi connectivity index (χ3v) is 2.56. The van der Waals surface area contributed by atoms with E-state index >= 15 is 0 Å². The van der Waals surface area contributed by atoms with E-state index in [4.69, 9.17) is 0 Å². The molecule has 0 spiro atoms. The highest BCUT2D eigenvalue weighted by Crippen LogP contribution is 2.23. The number of nitrogens with one attached hydrogen (secondary N) is 1. The fourth-order valence-corrected chi connectivity index (χ4v) is 1.70. The number of amides is 1. The summed E-state index contributed by atoms with van der Waals surface area (Å²) in [6, 6.07) is 0.445. The van der Waals surface area contributed by atoms with Crippen LogP contribution < -0.4 is 5.32 Å². The van der Waals surface area contributed by atoms with Crippen LogP contribution in [0.25, 0.3) is 0 Å². The molecule has 0 bridgehead atoms. The van der Waals surface area contributed by atoms with Gasteiger partial charge in [0.2, 0.25) is 5.91 Å². The SMILES string of the molecule is CC(C)(C)CC[C@H]1CCCC(=O)N1. The average Bonchev–Trinajstić information content (AvgIpc) is 2.00. The summed E-state index contributed by atoms with van der Waals surface area (Å²) in [5.41, 5.74) is 0.391. The maximum absolute atomic E-state index is 11.1. The quantitative estimate of drug-likeness (QED) is 0.700. The maximum Gasteiger partial charge on any atom is 0.220 e. The van der Waals surface area contributed by atoms with Gasteiger partial charge in [-0.1, -0.05) is 20.8 Å². The van der Waals surface area contributed by atoms with Crippen molar-refractivity contribution in [3.63, 3.8) is 0 Å². The lowest BCUT2D eigenvalue weighted by molar-refractivity contribution is -0.123. The molecule has 1 saturated heterocycles. The van der Waals surface area contributed by atoms with Crippen LogP contribution in [0.5, 0.6) is 0 Å². The molecule has 1 aliphatic rings. The molecule has 1 amide bonds. The number of hydrogen-bond acceptors (Lipinski definition) is 1. The summed E-state index contributed by atoms with van der Waals surface area (Å²) in [6.45, 7) is 6.74. The second-order valence-corrected chi connectivity index (χ2v) is 5.26. The van der Waals surface area contributed by atoms with Gasteiger partial charge in [-0.15, -0.1) is 0 Å². The highest BCUT2D eigenvalue weighted by Gasteiger charge is 2.20. The molecule has 1 aliphatic heterocycles. The number of hydrogen-bond donors (Lipinski definition) is 1. The van der Waals surface area contributed by atoms with E-state index in [1.807, 2.05) is 0 Å². The Labute approximate surface area is 81.1 Å². The van der Waals surface area contributed by atoms with Crippen LogP contribution >= 0.6 is 0 Å². The third kappa shape index (κ3) is 4.30. The summed E-state index contributed by atoms with van der Waals surface area (Å²) in [6.07, 6.45) is 5.29. The molecule has 0 aromatic carbocycles. The van der Waals surface area contributed by atoms with Gasteiger partial charge in [-0.2, -0.15) is 0 Å². The Bertz CT molecular complexity index is 181. The Morgan fingerprint density at radius 1 is 1.46 bits per heavy atom. The van der Waals surface area contributed by atoms with Crippen molar-refractivity contribution < 1.29 is 4.79 Å². The Morgan fingerprint density at radius 3 is 2.69 bits per heavy atom. The molecule has 0 unspecified atom stereocenters. The van der Waals surface area contributed by atoms with Gasteiger partial charge in [-0.25, -0.2) is 0 Å². The number of piperidine rings is 1. The zero-order valence-corrected chi connectivity index (χ0v) is 9.02. The van der Waals surface area contributed by atoms with Crippen molar-refractivity contribution in [3.8, 4) is 0 Å². The van der Waals surface area contributed by atoms with Crippen molar-refractivity contribution >= 4 is 5.91 Å². The Balaban J connectivity index is 2.25. The summed E-state index contributed by atoms with van der Waals surface area (Å²) in [5.74, 6) is 0.241. The van der Waals surface area contributed by atoms with Gasteiger partial charge in [0, 0.05) is 12.5 Å². The molecule has 0 saturated carbocycles. The Morgan fingerprint density at radius 2 is 2.15 bits per heavy atom. The van der Waals surface area contributed by atoms with Gasteiger partial charge in [-0.05, 0) is 31.1 Å². The average molecular weight is 183 g/mol. The fraction of sp³-hybridized carbons (Fsp3) is 0.909. The van der Waals surface area contributed by atoms with Gasteiger partial charge >= 0.3 is 0 Å². The van der Waals surface area contributed by atoms with Gasteiger partial charge in [-0.3, -0.25) is 4.79 Å². The van der Waals surface area contributed by atoms with Crippen molar-refractivity contribution in [3.05, 3.63) is 0 Å². The molecule has 76 valence electrons. The molecule has 0 aromatic rings. The summed E-state index contributed by atoms with van der Waals surface area (Å²) in [7, 11) is 0. The van der Waals surface area contributed by atoms with Crippen LogP contribution in [0.1, 0.15) is 52.9 Å². The third-order valence-electron chi connectivity index (χ3n) is 2.56. The summed E-state index contributed by atoms with van der Waals surface area (Å²) >= 11 is 0. The molecular formula is C11H21NO. The van der Waals surface area contributed by atoms with Crippen LogP contribution in [0.3, 0.4) is 0 Å². The van der Waals surface area contributed by atoms with E-state index in [-0.39, 0.29) is 5.91 Å². The molecule has 1 fully saturated rings. The predicted molar refractivity (Wildman–Crippen MR) is 54.5 cm³/mol. The molecule has 0 aliphatic carbocycles. The Kier molecular flexibility index (Phi) is 3.34. The van der Waals surface area contributed by atoms with Gasteiger partial charge in [0.05, 0.1) is 0 Å². The van der Waals surface area contributed by atoms with E-state index < -0.39 is 0 Å². The summed E-state index contributed by atoms with van der Waals surface area (Å²) < 4.78 is 0. The maximum atomic E-state index is 11.1. The van der Waals surface area contributed by atoms with E-state index in [2.05, 4.69) is 26.1 Å². The van der Waals surface area contributed by atoms with E-state index in [0.29, 0.717) is 11.5 Å². The van der Waals surface area contributed by atoms with Crippen LogP contribution in [0.4, 0.5) is 0 Å². The van der Waals surface area contributed by atoms with E-state index in [1.165, 1.54) is 12.8 Å². The van der Waals surface area contributed by atoms with Crippen molar-refractivity contribution in [1.29, 1.82) is 0 Å². The van der Waals surface area contributed by atoms with Gasteiger partial charge < -0.3 is 5.32 Å². The molecule has 0 aromatic heterocycles. The van der Waals surface area contributed by atoms with Crippen molar-refractivity contribution in [2.75, 3.05) is 0 Å². The van der Waals surface area contributed by atoms with Crippen LogP contribution in [-0.4, -0.2) is 11.9 Å². The first-order chi connectivity index (χ1) is 5.97. The van der Waals surface area contributed by atoms with Gasteiger partial charge in [0.1, 0.15) is 0 Å². The number of carbonyl (C=O) groups is 1. The van der Waals surface area contributed by atoms with E-state index in [0.717, 1.165) is 19.3 Å². The minimum absolute atomic E-state index is 0.241. The van der Waals surface area contributed by atoms with Crippen LogP contribution in [0, 0.1) is 5.41 Å².